The molecule has 2 aromatic rings. The van der Waals surface area contributed by atoms with Gasteiger partial charge in [-0.1, -0.05) is 42.5 Å². The van der Waals surface area contributed by atoms with Gasteiger partial charge in [0.05, 0.1) is 11.5 Å². The molecule has 0 aliphatic carbocycles. The van der Waals surface area contributed by atoms with E-state index in [1.54, 1.807) is 18.2 Å². The van der Waals surface area contributed by atoms with Crippen LogP contribution in [0.1, 0.15) is 11.7 Å². The van der Waals surface area contributed by atoms with Crippen LogP contribution in [0.15, 0.2) is 54.6 Å². The first-order valence-electron chi connectivity index (χ1n) is 6.32. The fraction of sp³-hybridized carbons (Fsp3) is 0.200. The molecule has 102 valence electrons. The highest BCUT2D eigenvalue weighted by molar-refractivity contribution is 5.46. The number of nitro groups is 1. The molecule has 1 fully saturated rings. The van der Waals surface area contributed by atoms with E-state index in [0.717, 1.165) is 5.56 Å². The number of hydrogen-bond acceptors (Lipinski definition) is 4. The van der Waals surface area contributed by atoms with Crippen LogP contribution in [0.25, 0.3) is 0 Å². The van der Waals surface area contributed by atoms with Gasteiger partial charge in [-0.2, -0.15) is 0 Å². The maximum absolute atomic E-state index is 11.0. The van der Waals surface area contributed by atoms with Crippen molar-refractivity contribution in [3.8, 4) is 5.75 Å². The number of benzene rings is 2. The molecule has 0 spiro atoms. The van der Waals surface area contributed by atoms with E-state index >= 15 is 0 Å². The monoisotopic (exact) mass is 271 g/mol. The minimum atomic E-state index is -0.439. The zero-order chi connectivity index (χ0) is 13.9. The van der Waals surface area contributed by atoms with Crippen LogP contribution >= 0.6 is 0 Å². The van der Waals surface area contributed by atoms with Gasteiger partial charge in [0.15, 0.2) is 11.9 Å². The molecular formula is C15H13NO4. The number of para-hydroxylation sites is 2. The molecule has 0 aromatic heterocycles. The predicted octanol–water partition coefficient (Wildman–Crippen LogP) is 3.11. The fourth-order valence-corrected chi connectivity index (χ4v) is 2.08. The first kappa shape index (κ1) is 12.6. The Morgan fingerprint density at radius 2 is 1.80 bits per heavy atom. The minimum absolute atomic E-state index is 0.0333. The van der Waals surface area contributed by atoms with Gasteiger partial charge in [-0.25, -0.2) is 0 Å². The van der Waals surface area contributed by atoms with Crippen molar-refractivity contribution in [3.63, 3.8) is 0 Å². The minimum Gasteiger partial charge on any atom is -0.476 e. The summed E-state index contributed by atoms with van der Waals surface area (Å²) < 4.78 is 11.2. The summed E-state index contributed by atoms with van der Waals surface area (Å²) >= 11 is 0. The van der Waals surface area contributed by atoms with Gasteiger partial charge in [-0.15, -0.1) is 0 Å². The van der Waals surface area contributed by atoms with E-state index in [-0.39, 0.29) is 23.6 Å². The standard InChI is InChI=1S/C15H13NO4/c17-16(18)12-8-4-5-9-13(12)20-15(14-10-19-14)11-6-2-1-3-7-11/h1-9,14-15H,10H2/t14-,15-/m1/s1. The van der Waals surface area contributed by atoms with Crippen molar-refractivity contribution in [2.24, 2.45) is 0 Å². The second-order valence-corrected chi connectivity index (χ2v) is 4.55. The van der Waals surface area contributed by atoms with Crippen molar-refractivity contribution in [3.05, 3.63) is 70.3 Å². The Morgan fingerprint density at radius 1 is 1.15 bits per heavy atom. The highest BCUT2D eigenvalue weighted by atomic mass is 16.6. The summed E-state index contributed by atoms with van der Waals surface area (Å²) in [6, 6.07) is 16.0. The third-order valence-corrected chi connectivity index (χ3v) is 3.14. The number of nitrogens with zero attached hydrogens (tertiary/aromatic N) is 1. The van der Waals surface area contributed by atoms with E-state index in [9.17, 15) is 10.1 Å². The van der Waals surface area contributed by atoms with Crippen LogP contribution in [-0.2, 0) is 4.74 Å². The molecule has 0 bridgehead atoms. The molecule has 20 heavy (non-hydrogen) atoms. The third-order valence-electron chi connectivity index (χ3n) is 3.14. The molecule has 2 aromatic carbocycles. The van der Waals surface area contributed by atoms with Crippen LogP contribution < -0.4 is 4.74 Å². The summed E-state index contributed by atoms with van der Waals surface area (Å²) in [5, 5.41) is 11.0. The molecule has 1 aliphatic heterocycles. The lowest BCUT2D eigenvalue weighted by atomic mass is 10.1. The summed E-state index contributed by atoms with van der Waals surface area (Å²) in [5.74, 6) is 0.266. The van der Waals surface area contributed by atoms with E-state index in [2.05, 4.69) is 0 Å². The van der Waals surface area contributed by atoms with Gasteiger partial charge in [-0.05, 0) is 11.6 Å². The second-order valence-electron chi connectivity index (χ2n) is 4.55. The summed E-state index contributed by atoms with van der Waals surface area (Å²) in [6.07, 6.45) is -0.366. The van der Waals surface area contributed by atoms with Crippen molar-refractivity contribution < 1.29 is 14.4 Å². The van der Waals surface area contributed by atoms with Crippen molar-refractivity contribution in [1.82, 2.24) is 0 Å². The smallest absolute Gasteiger partial charge is 0.310 e. The SMILES string of the molecule is O=[N+]([O-])c1ccccc1O[C@H](c1ccccc1)[C@H]1CO1. The van der Waals surface area contributed by atoms with E-state index < -0.39 is 4.92 Å². The van der Waals surface area contributed by atoms with Gasteiger partial charge in [0, 0.05) is 6.07 Å². The zero-order valence-electron chi connectivity index (χ0n) is 10.6. The summed E-state index contributed by atoms with van der Waals surface area (Å²) in [4.78, 5) is 10.6. The number of rotatable bonds is 5. The quantitative estimate of drug-likeness (QED) is 0.476. The molecular weight excluding hydrogens is 258 g/mol. The summed E-state index contributed by atoms with van der Waals surface area (Å²) in [7, 11) is 0. The molecule has 1 saturated heterocycles. The molecule has 2 atom stereocenters. The molecule has 0 saturated carbocycles. The highest BCUT2D eigenvalue weighted by Gasteiger charge is 2.36. The molecule has 0 amide bonds. The van der Waals surface area contributed by atoms with Crippen LogP contribution in [0.5, 0.6) is 5.75 Å². The van der Waals surface area contributed by atoms with Crippen molar-refractivity contribution >= 4 is 5.69 Å². The van der Waals surface area contributed by atoms with Crippen LogP contribution in [0, 0.1) is 10.1 Å². The zero-order valence-corrected chi connectivity index (χ0v) is 10.6. The van der Waals surface area contributed by atoms with Crippen LogP contribution in [0.3, 0.4) is 0 Å². The summed E-state index contributed by atoms with van der Waals surface area (Å²) in [5.41, 5.74) is 0.919. The fourth-order valence-electron chi connectivity index (χ4n) is 2.08. The van der Waals surface area contributed by atoms with Gasteiger partial charge >= 0.3 is 5.69 Å². The maximum atomic E-state index is 11.0. The Hall–Kier alpha value is -2.40. The average Bonchev–Trinajstić information content (AvgIpc) is 3.30. The molecule has 0 unspecified atom stereocenters. The molecule has 5 nitrogen and oxygen atoms in total. The Morgan fingerprint density at radius 3 is 2.45 bits per heavy atom. The molecule has 1 aliphatic rings. The van der Waals surface area contributed by atoms with Crippen molar-refractivity contribution in [2.75, 3.05) is 6.61 Å². The van der Waals surface area contributed by atoms with Gasteiger partial charge in [0.2, 0.25) is 0 Å². The number of ether oxygens (including phenoxy) is 2. The third kappa shape index (κ3) is 2.62. The van der Waals surface area contributed by atoms with Gasteiger partial charge in [0.25, 0.3) is 0 Å². The van der Waals surface area contributed by atoms with Crippen LogP contribution in [0.4, 0.5) is 5.69 Å². The topological polar surface area (TPSA) is 64.9 Å². The van der Waals surface area contributed by atoms with E-state index in [1.165, 1.54) is 6.07 Å². The van der Waals surface area contributed by atoms with Crippen molar-refractivity contribution in [1.29, 1.82) is 0 Å². The molecule has 1 heterocycles. The molecule has 0 radical (unpaired) electrons. The lowest BCUT2D eigenvalue weighted by Gasteiger charge is -2.17. The molecule has 0 N–H and O–H groups in total. The Labute approximate surface area is 115 Å². The predicted molar refractivity (Wildman–Crippen MR) is 72.6 cm³/mol. The number of hydrogen-bond donors (Lipinski definition) is 0. The van der Waals surface area contributed by atoms with Crippen molar-refractivity contribution in [2.45, 2.75) is 12.2 Å². The average molecular weight is 271 g/mol. The number of nitro benzene ring substituents is 1. The maximum Gasteiger partial charge on any atom is 0.310 e. The summed E-state index contributed by atoms with van der Waals surface area (Å²) in [6.45, 7) is 0.611. The lowest BCUT2D eigenvalue weighted by Crippen LogP contribution is -2.14. The normalized spacial score (nSPS) is 18.3. The Kier molecular flexibility index (Phi) is 3.35. The van der Waals surface area contributed by atoms with Crippen LogP contribution in [-0.4, -0.2) is 17.6 Å². The largest absolute Gasteiger partial charge is 0.476 e. The Balaban J connectivity index is 1.90. The van der Waals surface area contributed by atoms with Gasteiger partial charge in [0.1, 0.15) is 6.10 Å². The number of epoxide rings is 1. The van der Waals surface area contributed by atoms with E-state index in [0.29, 0.717) is 6.61 Å². The van der Waals surface area contributed by atoms with Gasteiger partial charge in [-0.3, -0.25) is 10.1 Å². The van der Waals surface area contributed by atoms with Crippen LogP contribution in [0.2, 0.25) is 0 Å². The lowest BCUT2D eigenvalue weighted by molar-refractivity contribution is -0.386. The highest BCUT2D eigenvalue weighted by Crippen LogP contribution is 2.36. The second kappa shape index (κ2) is 5.30. The molecule has 5 heteroatoms. The first-order valence-corrected chi connectivity index (χ1v) is 6.32. The first-order chi connectivity index (χ1) is 9.75. The molecule has 3 rings (SSSR count). The Bertz CT molecular complexity index is 610. The van der Waals surface area contributed by atoms with Gasteiger partial charge < -0.3 is 9.47 Å². The van der Waals surface area contributed by atoms with E-state index in [4.69, 9.17) is 9.47 Å². The van der Waals surface area contributed by atoms with E-state index in [1.807, 2.05) is 30.3 Å².